The molecular formula is C13H15ClO3. The number of hydrogen-bond donors (Lipinski definition) is 0. The maximum atomic E-state index is 11.3. The number of benzene rings is 1. The number of hydrogen-bond acceptors (Lipinski definition) is 3. The van der Waals surface area contributed by atoms with Gasteiger partial charge in [0.2, 0.25) is 0 Å². The SMILES string of the molecule is CCC(=CCOc1ccccc1Cl)C(=O)OC. The molecule has 0 aliphatic carbocycles. The van der Waals surface area contributed by atoms with Crippen LogP contribution in [0.2, 0.25) is 5.02 Å². The first-order valence-electron chi connectivity index (χ1n) is 5.33. The van der Waals surface area contributed by atoms with Gasteiger partial charge >= 0.3 is 5.97 Å². The molecule has 3 nitrogen and oxygen atoms in total. The maximum Gasteiger partial charge on any atom is 0.333 e. The van der Waals surface area contributed by atoms with Gasteiger partial charge in [0.15, 0.2) is 0 Å². The van der Waals surface area contributed by atoms with E-state index in [2.05, 4.69) is 4.74 Å². The molecule has 0 saturated carbocycles. The first-order valence-corrected chi connectivity index (χ1v) is 5.71. The molecule has 0 aliphatic rings. The molecule has 17 heavy (non-hydrogen) atoms. The van der Waals surface area contributed by atoms with E-state index in [0.717, 1.165) is 0 Å². The minimum Gasteiger partial charge on any atom is -0.488 e. The highest BCUT2D eigenvalue weighted by Gasteiger charge is 2.06. The molecule has 0 atom stereocenters. The molecule has 0 radical (unpaired) electrons. The number of rotatable bonds is 5. The Labute approximate surface area is 106 Å². The van der Waals surface area contributed by atoms with Gasteiger partial charge in [-0.15, -0.1) is 0 Å². The van der Waals surface area contributed by atoms with E-state index in [1.165, 1.54) is 7.11 Å². The third kappa shape index (κ3) is 4.11. The summed E-state index contributed by atoms with van der Waals surface area (Å²) >= 11 is 5.93. The zero-order chi connectivity index (χ0) is 12.7. The van der Waals surface area contributed by atoms with Crippen molar-refractivity contribution in [3.05, 3.63) is 40.9 Å². The highest BCUT2D eigenvalue weighted by atomic mass is 35.5. The monoisotopic (exact) mass is 254 g/mol. The molecule has 0 bridgehead atoms. The van der Waals surface area contributed by atoms with Gasteiger partial charge in [-0.25, -0.2) is 4.79 Å². The van der Waals surface area contributed by atoms with E-state index in [0.29, 0.717) is 29.4 Å². The summed E-state index contributed by atoms with van der Waals surface area (Å²) in [7, 11) is 1.36. The van der Waals surface area contributed by atoms with Crippen molar-refractivity contribution < 1.29 is 14.3 Å². The molecule has 0 saturated heterocycles. The molecule has 1 aromatic carbocycles. The van der Waals surface area contributed by atoms with Crippen molar-refractivity contribution in [2.24, 2.45) is 0 Å². The predicted octanol–water partition coefficient (Wildman–Crippen LogP) is 3.23. The highest BCUT2D eigenvalue weighted by molar-refractivity contribution is 6.32. The average Bonchev–Trinajstić information content (AvgIpc) is 2.36. The van der Waals surface area contributed by atoms with E-state index in [4.69, 9.17) is 16.3 Å². The lowest BCUT2D eigenvalue weighted by atomic mass is 10.2. The lowest BCUT2D eigenvalue weighted by molar-refractivity contribution is -0.136. The predicted molar refractivity (Wildman–Crippen MR) is 67.3 cm³/mol. The number of methoxy groups -OCH3 is 1. The van der Waals surface area contributed by atoms with Crippen molar-refractivity contribution in [2.75, 3.05) is 13.7 Å². The average molecular weight is 255 g/mol. The molecule has 0 aromatic heterocycles. The maximum absolute atomic E-state index is 11.3. The Morgan fingerprint density at radius 2 is 2.12 bits per heavy atom. The molecule has 0 aliphatic heterocycles. The standard InChI is InChI=1S/C13H15ClO3/c1-3-10(13(15)16-2)8-9-17-12-7-5-4-6-11(12)14/h4-8H,3,9H2,1-2H3. The van der Waals surface area contributed by atoms with Gasteiger partial charge in [-0.05, 0) is 24.6 Å². The molecule has 1 rings (SSSR count). The Morgan fingerprint density at radius 1 is 1.41 bits per heavy atom. The van der Waals surface area contributed by atoms with Crippen molar-refractivity contribution in [1.29, 1.82) is 0 Å². The topological polar surface area (TPSA) is 35.5 Å². The first-order chi connectivity index (χ1) is 8.19. The van der Waals surface area contributed by atoms with E-state index in [1.54, 1.807) is 18.2 Å². The van der Waals surface area contributed by atoms with Gasteiger partial charge < -0.3 is 9.47 Å². The summed E-state index contributed by atoms with van der Waals surface area (Å²) < 4.78 is 10.1. The second-order valence-corrected chi connectivity index (χ2v) is 3.72. The van der Waals surface area contributed by atoms with Crippen molar-refractivity contribution >= 4 is 17.6 Å². The fraction of sp³-hybridized carbons (Fsp3) is 0.308. The number of para-hydroxylation sites is 1. The number of carbonyl (C=O) groups excluding carboxylic acids is 1. The molecule has 0 unspecified atom stereocenters. The third-order valence-electron chi connectivity index (χ3n) is 2.23. The molecule has 4 heteroatoms. The largest absolute Gasteiger partial charge is 0.488 e. The minimum absolute atomic E-state index is 0.294. The van der Waals surface area contributed by atoms with Crippen LogP contribution in [-0.2, 0) is 9.53 Å². The van der Waals surface area contributed by atoms with Crippen molar-refractivity contribution in [3.63, 3.8) is 0 Å². The van der Waals surface area contributed by atoms with Crippen LogP contribution in [0.15, 0.2) is 35.9 Å². The first kappa shape index (κ1) is 13.6. The quantitative estimate of drug-likeness (QED) is 0.598. The van der Waals surface area contributed by atoms with Crippen molar-refractivity contribution in [1.82, 2.24) is 0 Å². The van der Waals surface area contributed by atoms with Crippen LogP contribution in [0.25, 0.3) is 0 Å². The highest BCUT2D eigenvalue weighted by Crippen LogP contribution is 2.23. The van der Waals surface area contributed by atoms with Crippen LogP contribution < -0.4 is 4.74 Å². The normalized spacial score (nSPS) is 11.1. The smallest absolute Gasteiger partial charge is 0.333 e. The summed E-state index contributed by atoms with van der Waals surface area (Å²) in [6.07, 6.45) is 2.31. The third-order valence-corrected chi connectivity index (χ3v) is 2.55. The van der Waals surface area contributed by atoms with Gasteiger partial charge in [0.1, 0.15) is 12.4 Å². The number of halogens is 1. The number of carbonyl (C=O) groups is 1. The summed E-state index contributed by atoms with van der Waals surface area (Å²) in [5.74, 6) is 0.279. The van der Waals surface area contributed by atoms with Crippen LogP contribution in [0.3, 0.4) is 0 Å². The Balaban J connectivity index is 2.59. The second-order valence-electron chi connectivity index (χ2n) is 3.32. The van der Waals surface area contributed by atoms with Gasteiger partial charge in [0.25, 0.3) is 0 Å². The van der Waals surface area contributed by atoms with E-state index >= 15 is 0 Å². The summed E-state index contributed by atoms with van der Waals surface area (Å²) in [6.45, 7) is 2.18. The van der Waals surface area contributed by atoms with Gasteiger partial charge in [-0.1, -0.05) is 30.7 Å². The van der Waals surface area contributed by atoms with E-state index < -0.39 is 0 Å². The molecular weight excluding hydrogens is 240 g/mol. The van der Waals surface area contributed by atoms with E-state index in [-0.39, 0.29) is 5.97 Å². The van der Waals surface area contributed by atoms with Crippen molar-refractivity contribution in [3.8, 4) is 5.75 Å². The second kappa shape index (κ2) is 6.97. The van der Waals surface area contributed by atoms with Crippen LogP contribution in [-0.4, -0.2) is 19.7 Å². The minimum atomic E-state index is -0.324. The van der Waals surface area contributed by atoms with Gasteiger partial charge in [0.05, 0.1) is 12.1 Å². The van der Waals surface area contributed by atoms with Crippen LogP contribution in [0, 0.1) is 0 Å². The molecule has 92 valence electrons. The lowest BCUT2D eigenvalue weighted by Crippen LogP contribution is -2.06. The molecule has 0 N–H and O–H groups in total. The summed E-state index contributed by atoms with van der Waals surface area (Å²) in [5, 5.41) is 0.553. The van der Waals surface area contributed by atoms with Crippen molar-refractivity contribution in [2.45, 2.75) is 13.3 Å². The van der Waals surface area contributed by atoms with Crippen LogP contribution in [0.5, 0.6) is 5.75 Å². The number of esters is 1. The fourth-order valence-electron chi connectivity index (χ4n) is 1.30. The lowest BCUT2D eigenvalue weighted by Gasteiger charge is -2.06. The number of ether oxygens (including phenoxy) is 2. The Hall–Kier alpha value is -1.48. The summed E-state index contributed by atoms with van der Waals surface area (Å²) in [5.41, 5.74) is 0.597. The molecule has 0 spiro atoms. The van der Waals surface area contributed by atoms with Gasteiger partial charge in [-0.2, -0.15) is 0 Å². The zero-order valence-corrected chi connectivity index (χ0v) is 10.7. The van der Waals surface area contributed by atoms with Crippen LogP contribution in [0.1, 0.15) is 13.3 Å². The zero-order valence-electron chi connectivity index (χ0n) is 9.90. The molecule has 0 amide bonds. The van der Waals surface area contributed by atoms with Gasteiger partial charge in [-0.3, -0.25) is 0 Å². The van der Waals surface area contributed by atoms with Gasteiger partial charge in [0, 0.05) is 5.57 Å². The summed E-state index contributed by atoms with van der Waals surface area (Å²) in [4.78, 5) is 11.3. The Kier molecular flexibility index (Phi) is 5.57. The van der Waals surface area contributed by atoms with E-state index in [1.807, 2.05) is 19.1 Å². The molecule has 0 heterocycles. The van der Waals surface area contributed by atoms with Crippen LogP contribution >= 0.6 is 11.6 Å². The van der Waals surface area contributed by atoms with E-state index in [9.17, 15) is 4.79 Å². The fourth-order valence-corrected chi connectivity index (χ4v) is 1.49. The van der Waals surface area contributed by atoms with Crippen LogP contribution in [0.4, 0.5) is 0 Å². The Morgan fingerprint density at radius 3 is 2.71 bits per heavy atom. The summed E-state index contributed by atoms with van der Waals surface area (Å²) in [6, 6.07) is 7.20. The Bertz CT molecular complexity index is 413. The molecule has 1 aromatic rings. The molecule has 0 fully saturated rings.